The first-order valence-electron chi connectivity index (χ1n) is 8.73. The molecule has 1 aromatic rings. The van der Waals surface area contributed by atoms with Crippen molar-refractivity contribution < 1.29 is 29.0 Å². The number of rotatable bonds is 9. The Morgan fingerprint density at radius 2 is 1.70 bits per heavy atom. The van der Waals surface area contributed by atoms with E-state index in [1.807, 2.05) is 0 Å². The van der Waals surface area contributed by atoms with E-state index in [1.54, 1.807) is 26.8 Å². The van der Waals surface area contributed by atoms with Gasteiger partial charge in [0.15, 0.2) is 0 Å². The Bertz CT molecular complexity index is 694. The normalized spacial score (nSPS) is 10.8. The molecule has 0 unspecified atom stereocenters. The molecule has 1 rings (SSSR count). The number of benzene rings is 1. The standard InChI is InChI=1S/C19H26N2O6/c1-19(2,3)27-18(26)20-12-8-4-5-11-15(22)21-14-10-7-6-9-13(14)16(23)17(24)25/h6-7,9-10H,4-5,8,11-12H2,1-3H3,(H,20,26)(H,21,22)(H,24,25). The second-order valence-corrected chi connectivity index (χ2v) is 6.97. The van der Waals surface area contributed by atoms with Crippen molar-refractivity contribution in [1.29, 1.82) is 0 Å². The summed E-state index contributed by atoms with van der Waals surface area (Å²) in [7, 11) is 0. The summed E-state index contributed by atoms with van der Waals surface area (Å²) in [6.45, 7) is 5.81. The second kappa shape index (κ2) is 10.3. The van der Waals surface area contributed by atoms with Gasteiger partial charge in [-0.2, -0.15) is 0 Å². The molecule has 3 N–H and O–H groups in total. The van der Waals surface area contributed by atoms with Gasteiger partial charge in [-0.1, -0.05) is 18.6 Å². The molecule has 0 spiro atoms. The SMILES string of the molecule is CC(C)(C)OC(=O)NCCCCCC(=O)Nc1ccccc1C(=O)C(=O)O. The number of hydrogen-bond donors (Lipinski definition) is 3. The quantitative estimate of drug-likeness (QED) is 0.345. The van der Waals surface area contributed by atoms with Crippen LogP contribution in [0.1, 0.15) is 56.8 Å². The van der Waals surface area contributed by atoms with Crippen molar-refractivity contribution >= 4 is 29.4 Å². The van der Waals surface area contributed by atoms with Gasteiger partial charge in [-0.05, 0) is 45.7 Å². The monoisotopic (exact) mass is 378 g/mol. The molecule has 0 aliphatic carbocycles. The maximum absolute atomic E-state index is 12.0. The van der Waals surface area contributed by atoms with E-state index >= 15 is 0 Å². The van der Waals surface area contributed by atoms with Crippen LogP contribution in [0.4, 0.5) is 10.5 Å². The summed E-state index contributed by atoms with van der Waals surface area (Å²) in [6, 6.07) is 5.98. The molecule has 8 nitrogen and oxygen atoms in total. The minimum absolute atomic E-state index is 0.0556. The number of ketones is 1. The van der Waals surface area contributed by atoms with Crippen molar-refractivity contribution in [2.75, 3.05) is 11.9 Å². The number of unbranched alkanes of at least 4 members (excludes halogenated alkanes) is 2. The molecular weight excluding hydrogens is 352 g/mol. The largest absolute Gasteiger partial charge is 0.475 e. The predicted octanol–water partition coefficient (Wildman–Crippen LogP) is 2.98. The van der Waals surface area contributed by atoms with Crippen LogP contribution in [0.15, 0.2) is 24.3 Å². The highest BCUT2D eigenvalue weighted by Crippen LogP contribution is 2.16. The van der Waals surface area contributed by atoms with Crippen LogP contribution in [0.5, 0.6) is 0 Å². The highest BCUT2D eigenvalue weighted by atomic mass is 16.6. The van der Waals surface area contributed by atoms with E-state index in [0.29, 0.717) is 19.4 Å². The number of nitrogens with one attached hydrogen (secondary N) is 2. The highest BCUT2D eigenvalue weighted by molar-refractivity contribution is 6.41. The van der Waals surface area contributed by atoms with E-state index in [2.05, 4.69) is 10.6 Å². The number of alkyl carbamates (subject to hydrolysis) is 1. The van der Waals surface area contributed by atoms with Gasteiger partial charge < -0.3 is 20.5 Å². The zero-order valence-electron chi connectivity index (χ0n) is 15.8. The van der Waals surface area contributed by atoms with Gasteiger partial charge in [0.05, 0.1) is 11.3 Å². The van der Waals surface area contributed by atoms with E-state index in [4.69, 9.17) is 9.84 Å². The lowest BCUT2D eigenvalue weighted by Crippen LogP contribution is -2.33. The van der Waals surface area contributed by atoms with Gasteiger partial charge in [0.1, 0.15) is 5.60 Å². The summed E-state index contributed by atoms with van der Waals surface area (Å²) < 4.78 is 5.11. The molecule has 0 aliphatic heterocycles. The summed E-state index contributed by atoms with van der Waals surface area (Å²) in [6.07, 6.45) is 1.76. The highest BCUT2D eigenvalue weighted by Gasteiger charge is 2.19. The van der Waals surface area contributed by atoms with E-state index < -0.39 is 23.4 Å². The van der Waals surface area contributed by atoms with E-state index in [9.17, 15) is 19.2 Å². The summed E-state index contributed by atoms with van der Waals surface area (Å²) in [5.41, 5.74) is -0.415. The lowest BCUT2D eigenvalue weighted by molar-refractivity contribution is -0.131. The molecule has 1 aromatic carbocycles. The van der Waals surface area contributed by atoms with Crippen molar-refractivity contribution in [3.05, 3.63) is 29.8 Å². The average Bonchev–Trinajstić information content (AvgIpc) is 2.56. The summed E-state index contributed by atoms with van der Waals surface area (Å²) >= 11 is 0. The van der Waals surface area contributed by atoms with Crippen molar-refractivity contribution in [1.82, 2.24) is 5.32 Å². The molecule has 148 valence electrons. The molecule has 0 bridgehead atoms. The van der Waals surface area contributed by atoms with Crippen molar-refractivity contribution in [2.45, 2.75) is 52.1 Å². The second-order valence-electron chi connectivity index (χ2n) is 6.97. The molecule has 0 saturated heterocycles. The third kappa shape index (κ3) is 8.84. The maximum atomic E-state index is 12.0. The average molecular weight is 378 g/mol. The fourth-order valence-electron chi connectivity index (χ4n) is 2.21. The molecule has 0 heterocycles. The topological polar surface area (TPSA) is 122 Å². The smallest absolute Gasteiger partial charge is 0.407 e. The molecule has 8 heteroatoms. The van der Waals surface area contributed by atoms with Gasteiger partial charge in [-0.3, -0.25) is 9.59 Å². The van der Waals surface area contributed by atoms with Crippen LogP contribution in [-0.4, -0.2) is 41.0 Å². The van der Waals surface area contributed by atoms with Crippen LogP contribution < -0.4 is 10.6 Å². The summed E-state index contributed by atoms with van der Waals surface area (Å²) in [5, 5.41) is 14.0. The number of para-hydroxylation sites is 1. The fourth-order valence-corrected chi connectivity index (χ4v) is 2.21. The Kier molecular flexibility index (Phi) is 8.44. The van der Waals surface area contributed by atoms with Gasteiger partial charge in [0, 0.05) is 13.0 Å². The molecule has 0 aliphatic rings. The Balaban J connectivity index is 2.32. The Labute approximate surface area is 158 Å². The zero-order chi connectivity index (χ0) is 20.4. The summed E-state index contributed by atoms with van der Waals surface area (Å²) in [5.74, 6) is -2.95. The number of ether oxygens (including phenoxy) is 1. The molecule has 0 saturated carbocycles. The lowest BCUT2D eigenvalue weighted by atomic mass is 10.1. The summed E-state index contributed by atoms with van der Waals surface area (Å²) in [4.78, 5) is 45.9. The van der Waals surface area contributed by atoms with Crippen LogP contribution in [0.25, 0.3) is 0 Å². The van der Waals surface area contributed by atoms with Crippen LogP contribution in [0.2, 0.25) is 0 Å². The first-order chi connectivity index (χ1) is 12.6. The number of amides is 2. The number of aliphatic carboxylic acids is 1. The third-order valence-corrected chi connectivity index (χ3v) is 3.39. The number of carboxylic acid groups (broad SMARTS) is 1. The molecule has 0 radical (unpaired) electrons. The molecule has 0 fully saturated rings. The Morgan fingerprint density at radius 3 is 2.33 bits per heavy atom. The Hall–Kier alpha value is -2.90. The number of carbonyl (C=O) groups excluding carboxylic acids is 3. The molecule has 0 aromatic heterocycles. The third-order valence-electron chi connectivity index (χ3n) is 3.39. The van der Waals surface area contributed by atoms with Crippen LogP contribution in [-0.2, 0) is 14.3 Å². The van der Waals surface area contributed by atoms with Crippen LogP contribution in [0, 0.1) is 0 Å². The van der Waals surface area contributed by atoms with E-state index in [1.165, 1.54) is 18.2 Å². The van der Waals surface area contributed by atoms with E-state index in [-0.39, 0.29) is 23.6 Å². The Morgan fingerprint density at radius 1 is 1.04 bits per heavy atom. The van der Waals surface area contributed by atoms with Gasteiger partial charge in [-0.15, -0.1) is 0 Å². The van der Waals surface area contributed by atoms with Gasteiger partial charge in [-0.25, -0.2) is 9.59 Å². The molecule has 0 atom stereocenters. The molecule has 2 amide bonds. The number of anilines is 1. The first kappa shape index (κ1) is 22.1. The molecular formula is C19H26N2O6. The minimum atomic E-state index is -1.57. The number of Topliss-reactive ketones (excluding diaryl/α,β-unsaturated/α-hetero) is 1. The van der Waals surface area contributed by atoms with E-state index in [0.717, 1.165) is 6.42 Å². The maximum Gasteiger partial charge on any atom is 0.407 e. The van der Waals surface area contributed by atoms with Crippen molar-refractivity contribution in [3.63, 3.8) is 0 Å². The number of carbonyl (C=O) groups is 4. The lowest BCUT2D eigenvalue weighted by Gasteiger charge is -2.19. The minimum Gasteiger partial charge on any atom is -0.475 e. The van der Waals surface area contributed by atoms with Gasteiger partial charge in [0.2, 0.25) is 5.91 Å². The predicted molar refractivity (Wildman–Crippen MR) is 99.7 cm³/mol. The van der Waals surface area contributed by atoms with Crippen LogP contribution in [0.3, 0.4) is 0 Å². The van der Waals surface area contributed by atoms with Crippen molar-refractivity contribution in [2.24, 2.45) is 0 Å². The number of carboxylic acids is 1. The van der Waals surface area contributed by atoms with Gasteiger partial charge in [0.25, 0.3) is 5.78 Å². The first-order valence-corrected chi connectivity index (χ1v) is 8.73. The van der Waals surface area contributed by atoms with Crippen LogP contribution >= 0.6 is 0 Å². The molecule has 27 heavy (non-hydrogen) atoms. The fraction of sp³-hybridized carbons (Fsp3) is 0.474. The zero-order valence-corrected chi connectivity index (χ0v) is 15.8. The van der Waals surface area contributed by atoms with Crippen molar-refractivity contribution in [3.8, 4) is 0 Å². The number of hydrogen-bond acceptors (Lipinski definition) is 5. The van der Waals surface area contributed by atoms with Gasteiger partial charge >= 0.3 is 12.1 Å².